The van der Waals surface area contributed by atoms with Crippen LogP contribution in [0.4, 0.5) is 5.69 Å². The first-order chi connectivity index (χ1) is 12.7. The van der Waals surface area contributed by atoms with Crippen molar-refractivity contribution < 1.29 is 4.79 Å². The van der Waals surface area contributed by atoms with Gasteiger partial charge in [0.25, 0.3) is 0 Å². The molecule has 6 heteroatoms. The number of amides is 1. The molecule has 3 rings (SSSR count). The maximum atomic E-state index is 11.4. The number of likely N-dealkylation sites (tertiary alicyclic amines) is 1. The Bertz CT molecular complexity index is 814. The molecule has 6 nitrogen and oxygen atoms in total. The number of benzene rings is 1. The summed E-state index contributed by atoms with van der Waals surface area (Å²) in [5.74, 6) is -0.235. The Morgan fingerprint density at radius 3 is 3.04 bits per heavy atom. The van der Waals surface area contributed by atoms with Crippen molar-refractivity contribution in [1.82, 2.24) is 9.88 Å². The van der Waals surface area contributed by atoms with Crippen LogP contribution >= 0.6 is 0 Å². The fourth-order valence-corrected chi connectivity index (χ4v) is 3.36. The van der Waals surface area contributed by atoms with Crippen molar-refractivity contribution in [2.75, 3.05) is 18.4 Å². The Morgan fingerprint density at radius 2 is 2.23 bits per heavy atom. The lowest BCUT2D eigenvalue weighted by atomic mass is 9.97. The van der Waals surface area contributed by atoms with Crippen LogP contribution in [0.3, 0.4) is 0 Å². The zero-order valence-electron chi connectivity index (χ0n) is 14.7. The average molecular weight is 349 g/mol. The zero-order chi connectivity index (χ0) is 18.4. The number of nitriles is 1. The van der Waals surface area contributed by atoms with Gasteiger partial charge in [0.05, 0.1) is 23.4 Å². The third kappa shape index (κ3) is 4.58. The molecule has 0 aliphatic carbocycles. The molecule has 26 heavy (non-hydrogen) atoms. The van der Waals surface area contributed by atoms with E-state index in [0.717, 1.165) is 43.7 Å². The third-order valence-corrected chi connectivity index (χ3v) is 4.73. The number of nitrogens with one attached hydrogen (secondary N) is 1. The molecular formula is C20H23N5O. The molecule has 0 spiro atoms. The van der Waals surface area contributed by atoms with Crippen LogP contribution in [0, 0.1) is 17.2 Å². The predicted octanol–water partition coefficient (Wildman–Crippen LogP) is 2.26. The minimum absolute atomic E-state index is 0.0383. The highest BCUT2D eigenvalue weighted by Gasteiger charge is 2.23. The molecular weight excluding hydrogens is 326 g/mol. The first-order valence-electron chi connectivity index (χ1n) is 8.83. The first-order valence-corrected chi connectivity index (χ1v) is 8.83. The summed E-state index contributed by atoms with van der Waals surface area (Å²) in [5.41, 5.74) is 9.13. The van der Waals surface area contributed by atoms with E-state index in [4.69, 9.17) is 11.0 Å². The molecule has 1 saturated heterocycles. The van der Waals surface area contributed by atoms with Gasteiger partial charge in [-0.1, -0.05) is 24.3 Å². The lowest BCUT2D eigenvalue weighted by molar-refractivity contribution is -0.123. The van der Waals surface area contributed by atoms with Gasteiger partial charge in [0.2, 0.25) is 5.91 Å². The number of carbonyl (C=O) groups excluding carboxylic acids is 1. The summed E-state index contributed by atoms with van der Waals surface area (Å²) >= 11 is 0. The van der Waals surface area contributed by atoms with Gasteiger partial charge in [0, 0.05) is 25.8 Å². The highest BCUT2D eigenvalue weighted by molar-refractivity contribution is 5.76. The summed E-state index contributed by atoms with van der Waals surface area (Å²) in [6.07, 6.45) is 5.18. The Balaban J connectivity index is 1.61. The Labute approximate surface area is 153 Å². The van der Waals surface area contributed by atoms with E-state index in [-0.39, 0.29) is 11.8 Å². The van der Waals surface area contributed by atoms with Gasteiger partial charge < -0.3 is 11.1 Å². The highest BCUT2D eigenvalue weighted by Crippen LogP contribution is 2.19. The van der Waals surface area contributed by atoms with Crippen LogP contribution in [0.15, 0.2) is 42.7 Å². The van der Waals surface area contributed by atoms with Gasteiger partial charge in [-0.15, -0.1) is 0 Å². The van der Waals surface area contributed by atoms with Gasteiger partial charge in [-0.25, -0.2) is 0 Å². The number of hydrogen-bond acceptors (Lipinski definition) is 5. The second-order valence-corrected chi connectivity index (χ2v) is 6.68. The fourth-order valence-electron chi connectivity index (χ4n) is 3.36. The van der Waals surface area contributed by atoms with Crippen molar-refractivity contribution in [1.29, 1.82) is 5.26 Å². The van der Waals surface area contributed by atoms with Gasteiger partial charge in [-0.05, 0) is 36.6 Å². The molecule has 2 heterocycles. The van der Waals surface area contributed by atoms with Gasteiger partial charge in [-0.2, -0.15) is 5.26 Å². The molecule has 0 saturated carbocycles. The summed E-state index contributed by atoms with van der Waals surface area (Å²) in [5, 5.41) is 12.4. The molecule has 2 aromatic rings. The number of aromatic nitrogens is 1. The van der Waals surface area contributed by atoms with E-state index in [9.17, 15) is 4.79 Å². The minimum Gasteiger partial charge on any atom is -0.379 e. The number of piperidine rings is 1. The molecule has 1 aliphatic rings. The number of primary amides is 1. The molecule has 1 amide bonds. The standard InChI is InChI=1S/C20H23N5O/c21-10-17-6-7-23-12-19(17)24-11-15-3-1-4-16(9-15)13-25-8-2-5-18(14-25)20(22)26/h1,3-4,6-7,9,12,18,24H,2,5,8,11,13-14H2,(H2,22,26)/t18-/m1/s1. The van der Waals surface area contributed by atoms with Crippen molar-refractivity contribution >= 4 is 11.6 Å². The fraction of sp³-hybridized carbons (Fsp3) is 0.350. The molecule has 3 N–H and O–H groups in total. The van der Waals surface area contributed by atoms with Crippen LogP contribution in [0.25, 0.3) is 0 Å². The second kappa shape index (κ2) is 8.45. The number of rotatable bonds is 6. The number of anilines is 1. The molecule has 0 unspecified atom stereocenters. The maximum Gasteiger partial charge on any atom is 0.221 e. The summed E-state index contributed by atoms with van der Waals surface area (Å²) in [4.78, 5) is 17.8. The predicted molar refractivity (Wildman–Crippen MR) is 99.9 cm³/mol. The van der Waals surface area contributed by atoms with Crippen LogP contribution in [0.5, 0.6) is 0 Å². The number of hydrogen-bond donors (Lipinski definition) is 2. The molecule has 0 radical (unpaired) electrons. The Hall–Kier alpha value is -2.91. The second-order valence-electron chi connectivity index (χ2n) is 6.68. The van der Waals surface area contributed by atoms with Gasteiger partial charge >= 0.3 is 0 Å². The molecule has 1 aromatic carbocycles. The van der Waals surface area contributed by atoms with Gasteiger partial charge in [-0.3, -0.25) is 14.7 Å². The van der Waals surface area contributed by atoms with Crippen LogP contribution in [-0.4, -0.2) is 28.9 Å². The monoisotopic (exact) mass is 349 g/mol. The first kappa shape index (κ1) is 17.9. The molecule has 1 aromatic heterocycles. The van der Waals surface area contributed by atoms with Crippen molar-refractivity contribution in [3.8, 4) is 6.07 Å². The summed E-state index contributed by atoms with van der Waals surface area (Å²) in [6.45, 7) is 3.17. The molecule has 1 aliphatic heterocycles. The quantitative estimate of drug-likeness (QED) is 0.834. The molecule has 1 atom stereocenters. The number of pyridine rings is 1. The SMILES string of the molecule is N#Cc1ccncc1NCc1cccc(CN2CCC[C@@H](C(N)=O)C2)c1. The molecule has 134 valence electrons. The van der Waals surface area contributed by atoms with Crippen LogP contribution in [0.2, 0.25) is 0 Å². The normalized spacial score (nSPS) is 17.4. The van der Waals surface area contributed by atoms with Crippen LogP contribution in [-0.2, 0) is 17.9 Å². The van der Waals surface area contributed by atoms with Crippen molar-refractivity contribution in [2.24, 2.45) is 11.7 Å². The number of nitrogens with two attached hydrogens (primary N) is 1. The van der Waals surface area contributed by atoms with Crippen LogP contribution in [0.1, 0.15) is 29.5 Å². The Kier molecular flexibility index (Phi) is 5.82. The number of carbonyl (C=O) groups is 1. The van der Waals surface area contributed by atoms with E-state index in [1.165, 1.54) is 5.56 Å². The van der Waals surface area contributed by atoms with E-state index >= 15 is 0 Å². The largest absolute Gasteiger partial charge is 0.379 e. The summed E-state index contributed by atoms with van der Waals surface area (Å²) in [7, 11) is 0. The minimum atomic E-state index is -0.197. The number of nitrogens with zero attached hydrogens (tertiary/aromatic N) is 3. The van der Waals surface area contributed by atoms with Gasteiger partial charge in [0.15, 0.2) is 0 Å². The molecule has 1 fully saturated rings. The van der Waals surface area contributed by atoms with E-state index in [1.54, 1.807) is 18.5 Å². The zero-order valence-corrected chi connectivity index (χ0v) is 14.7. The van der Waals surface area contributed by atoms with Gasteiger partial charge in [0.1, 0.15) is 6.07 Å². The van der Waals surface area contributed by atoms with Crippen molar-refractivity contribution in [2.45, 2.75) is 25.9 Å². The van der Waals surface area contributed by atoms with E-state index < -0.39 is 0 Å². The van der Waals surface area contributed by atoms with E-state index in [2.05, 4.69) is 39.5 Å². The summed E-state index contributed by atoms with van der Waals surface area (Å²) < 4.78 is 0. The highest BCUT2D eigenvalue weighted by atomic mass is 16.1. The maximum absolute atomic E-state index is 11.4. The Morgan fingerprint density at radius 1 is 1.38 bits per heavy atom. The molecule has 0 bridgehead atoms. The third-order valence-electron chi connectivity index (χ3n) is 4.73. The van der Waals surface area contributed by atoms with E-state index in [1.807, 2.05) is 6.07 Å². The topological polar surface area (TPSA) is 95.0 Å². The van der Waals surface area contributed by atoms with Crippen LogP contribution < -0.4 is 11.1 Å². The lowest BCUT2D eigenvalue weighted by Crippen LogP contribution is -2.40. The van der Waals surface area contributed by atoms with Crippen molar-refractivity contribution in [3.05, 3.63) is 59.4 Å². The summed E-state index contributed by atoms with van der Waals surface area (Å²) in [6, 6.07) is 12.2. The smallest absolute Gasteiger partial charge is 0.221 e. The average Bonchev–Trinajstić information content (AvgIpc) is 2.67. The van der Waals surface area contributed by atoms with Crippen molar-refractivity contribution in [3.63, 3.8) is 0 Å². The lowest BCUT2D eigenvalue weighted by Gasteiger charge is -2.31. The van der Waals surface area contributed by atoms with E-state index in [0.29, 0.717) is 12.1 Å².